The number of rotatable bonds is 6. The standard InChI is InChI=1S/C27H35FN4O3/c1-27(2,3)35-26(34)30-21-11-13-32(16-21)17-25(33)31-24-10-7-18-14-19(28)8-9-22(18)23(24)15-20-6-4-5-12-29-20/h4-6,8-9,12,14,21,23-24H,7,10-11,13,15-17H2,1-3H3,(H,30,34)(H,31,33)/t21-,23+,24-/m0/s1. The van der Waals surface area contributed by atoms with Crippen molar-refractivity contribution in [3.63, 3.8) is 0 Å². The molecule has 1 saturated heterocycles. The van der Waals surface area contributed by atoms with Gasteiger partial charge >= 0.3 is 6.09 Å². The fourth-order valence-corrected chi connectivity index (χ4v) is 5.07. The molecule has 35 heavy (non-hydrogen) atoms. The van der Waals surface area contributed by atoms with E-state index in [-0.39, 0.29) is 36.3 Å². The Labute approximate surface area is 206 Å². The van der Waals surface area contributed by atoms with E-state index in [1.807, 2.05) is 45.0 Å². The second-order valence-corrected chi connectivity index (χ2v) is 10.6. The highest BCUT2D eigenvalue weighted by Gasteiger charge is 2.33. The van der Waals surface area contributed by atoms with Crippen LogP contribution in [0, 0.1) is 5.82 Å². The summed E-state index contributed by atoms with van der Waals surface area (Å²) in [7, 11) is 0. The summed E-state index contributed by atoms with van der Waals surface area (Å²) in [5.41, 5.74) is 2.49. The number of amides is 2. The summed E-state index contributed by atoms with van der Waals surface area (Å²) in [5.74, 6) is -0.241. The van der Waals surface area contributed by atoms with Gasteiger partial charge in [-0.2, -0.15) is 0 Å². The number of aromatic nitrogens is 1. The van der Waals surface area contributed by atoms with Crippen LogP contribution in [0.25, 0.3) is 0 Å². The molecule has 2 amide bonds. The zero-order valence-corrected chi connectivity index (χ0v) is 20.7. The molecular formula is C27H35FN4O3. The fraction of sp³-hybridized carbons (Fsp3) is 0.519. The lowest BCUT2D eigenvalue weighted by Crippen LogP contribution is -2.47. The van der Waals surface area contributed by atoms with Gasteiger partial charge in [0, 0.05) is 43.0 Å². The summed E-state index contributed by atoms with van der Waals surface area (Å²) >= 11 is 0. The summed E-state index contributed by atoms with van der Waals surface area (Å²) in [6.07, 6.45) is 4.27. The van der Waals surface area contributed by atoms with Crippen LogP contribution in [0.5, 0.6) is 0 Å². The van der Waals surface area contributed by atoms with Crippen LogP contribution in [0.4, 0.5) is 9.18 Å². The number of alkyl carbamates (subject to hydrolysis) is 1. The number of nitrogens with one attached hydrogen (secondary N) is 2. The van der Waals surface area contributed by atoms with Crippen LogP contribution in [0.1, 0.15) is 56.4 Å². The van der Waals surface area contributed by atoms with E-state index >= 15 is 0 Å². The molecule has 2 N–H and O–H groups in total. The van der Waals surface area contributed by atoms with Gasteiger partial charge in [0.2, 0.25) is 5.91 Å². The van der Waals surface area contributed by atoms with E-state index in [0.29, 0.717) is 13.0 Å². The van der Waals surface area contributed by atoms with Crippen molar-refractivity contribution in [1.82, 2.24) is 20.5 Å². The molecule has 1 aromatic carbocycles. The number of hydrogen-bond donors (Lipinski definition) is 2. The number of carbonyl (C=O) groups excluding carboxylic acids is 2. The molecule has 0 unspecified atom stereocenters. The first-order chi connectivity index (χ1) is 16.7. The number of nitrogens with zero attached hydrogens (tertiary/aromatic N) is 2. The molecule has 0 radical (unpaired) electrons. The van der Waals surface area contributed by atoms with Crippen LogP contribution < -0.4 is 10.6 Å². The first-order valence-corrected chi connectivity index (χ1v) is 12.4. The van der Waals surface area contributed by atoms with Crippen LogP contribution in [0.2, 0.25) is 0 Å². The molecule has 1 aliphatic carbocycles. The van der Waals surface area contributed by atoms with Crippen molar-refractivity contribution in [2.75, 3.05) is 19.6 Å². The van der Waals surface area contributed by atoms with Gasteiger partial charge in [0.1, 0.15) is 11.4 Å². The molecule has 0 saturated carbocycles. The van der Waals surface area contributed by atoms with E-state index in [1.165, 1.54) is 6.07 Å². The molecular weight excluding hydrogens is 447 g/mol. The van der Waals surface area contributed by atoms with Crippen molar-refractivity contribution in [2.24, 2.45) is 0 Å². The molecule has 0 bridgehead atoms. The lowest BCUT2D eigenvalue weighted by atomic mass is 9.76. The minimum Gasteiger partial charge on any atom is -0.444 e. The monoisotopic (exact) mass is 482 g/mol. The molecule has 7 nitrogen and oxygen atoms in total. The van der Waals surface area contributed by atoms with E-state index in [9.17, 15) is 14.0 Å². The lowest BCUT2D eigenvalue weighted by molar-refractivity contribution is -0.123. The maximum Gasteiger partial charge on any atom is 0.407 e. The van der Waals surface area contributed by atoms with E-state index in [1.54, 1.807) is 12.3 Å². The van der Waals surface area contributed by atoms with Crippen molar-refractivity contribution >= 4 is 12.0 Å². The van der Waals surface area contributed by atoms with Gasteiger partial charge in [-0.3, -0.25) is 14.7 Å². The molecule has 188 valence electrons. The number of halogens is 1. The van der Waals surface area contributed by atoms with Crippen molar-refractivity contribution in [3.05, 3.63) is 65.2 Å². The summed E-state index contributed by atoms with van der Waals surface area (Å²) < 4.78 is 19.2. The SMILES string of the molecule is CC(C)(C)OC(=O)N[C@H]1CCN(CC(=O)N[C@H]2CCc3cc(F)ccc3[C@H]2Cc2ccccn2)C1. The molecule has 1 fully saturated rings. The van der Waals surface area contributed by atoms with E-state index < -0.39 is 11.7 Å². The van der Waals surface area contributed by atoms with Crippen molar-refractivity contribution in [3.8, 4) is 0 Å². The molecule has 3 atom stereocenters. The van der Waals surface area contributed by atoms with E-state index in [0.717, 1.165) is 42.6 Å². The number of aryl methyl sites for hydroxylation is 1. The molecule has 2 aromatic rings. The number of fused-ring (bicyclic) bond motifs is 1. The average molecular weight is 483 g/mol. The number of benzene rings is 1. The Kier molecular flexibility index (Phi) is 7.69. The molecule has 2 heterocycles. The Balaban J connectivity index is 1.36. The number of hydrogen-bond acceptors (Lipinski definition) is 5. The maximum atomic E-state index is 13.9. The third-order valence-electron chi connectivity index (χ3n) is 6.58. The number of carbonyl (C=O) groups is 2. The van der Waals surface area contributed by atoms with Crippen LogP contribution in [-0.2, 0) is 22.4 Å². The molecule has 2 aliphatic rings. The van der Waals surface area contributed by atoms with Gasteiger partial charge < -0.3 is 15.4 Å². The van der Waals surface area contributed by atoms with Gasteiger partial charge in [-0.1, -0.05) is 12.1 Å². The van der Waals surface area contributed by atoms with Gasteiger partial charge in [-0.15, -0.1) is 0 Å². The second kappa shape index (κ2) is 10.7. The first-order valence-electron chi connectivity index (χ1n) is 12.4. The molecule has 0 spiro atoms. The molecule has 1 aliphatic heterocycles. The number of pyridine rings is 1. The minimum absolute atomic E-state index is 0.0263. The van der Waals surface area contributed by atoms with Crippen LogP contribution in [-0.4, -0.2) is 59.2 Å². The largest absolute Gasteiger partial charge is 0.444 e. The van der Waals surface area contributed by atoms with Gasteiger partial charge in [-0.05, 0) is 81.8 Å². The maximum absolute atomic E-state index is 13.9. The lowest BCUT2D eigenvalue weighted by Gasteiger charge is -2.34. The zero-order valence-electron chi connectivity index (χ0n) is 20.7. The van der Waals surface area contributed by atoms with Crippen LogP contribution in [0.3, 0.4) is 0 Å². The Hall–Kier alpha value is -3.00. The van der Waals surface area contributed by atoms with Gasteiger partial charge in [0.15, 0.2) is 0 Å². The Morgan fingerprint density at radius 1 is 1.17 bits per heavy atom. The predicted octanol–water partition coefficient (Wildman–Crippen LogP) is 3.58. The highest BCUT2D eigenvalue weighted by Crippen LogP contribution is 2.34. The van der Waals surface area contributed by atoms with E-state index in [2.05, 4.69) is 20.5 Å². The van der Waals surface area contributed by atoms with Crippen molar-refractivity contribution in [1.29, 1.82) is 0 Å². The molecule has 1 aromatic heterocycles. The van der Waals surface area contributed by atoms with Crippen molar-refractivity contribution < 1.29 is 18.7 Å². The third kappa shape index (κ3) is 7.01. The predicted molar refractivity (Wildman–Crippen MR) is 132 cm³/mol. The Morgan fingerprint density at radius 2 is 2.00 bits per heavy atom. The van der Waals surface area contributed by atoms with Crippen LogP contribution >= 0.6 is 0 Å². The van der Waals surface area contributed by atoms with Crippen LogP contribution in [0.15, 0.2) is 42.6 Å². The highest BCUT2D eigenvalue weighted by molar-refractivity contribution is 5.78. The number of ether oxygens (including phenoxy) is 1. The highest BCUT2D eigenvalue weighted by atomic mass is 19.1. The second-order valence-electron chi connectivity index (χ2n) is 10.6. The first kappa shape index (κ1) is 25.1. The average Bonchev–Trinajstić information content (AvgIpc) is 3.20. The van der Waals surface area contributed by atoms with Gasteiger partial charge in [0.05, 0.1) is 6.54 Å². The van der Waals surface area contributed by atoms with E-state index in [4.69, 9.17) is 4.74 Å². The zero-order chi connectivity index (χ0) is 25.0. The Morgan fingerprint density at radius 3 is 2.74 bits per heavy atom. The molecule has 4 rings (SSSR count). The number of likely N-dealkylation sites (tertiary alicyclic amines) is 1. The quantitative estimate of drug-likeness (QED) is 0.658. The topological polar surface area (TPSA) is 83.6 Å². The van der Waals surface area contributed by atoms with Gasteiger partial charge in [0.25, 0.3) is 0 Å². The molecule has 8 heteroatoms. The third-order valence-corrected chi connectivity index (χ3v) is 6.58. The minimum atomic E-state index is -0.543. The summed E-state index contributed by atoms with van der Waals surface area (Å²) in [5, 5.41) is 6.14. The summed E-state index contributed by atoms with van der Waals surface area (Å²) in [6.45, 7) is 7.11. The Bertz CT molecular complexity index is 1040. The normalized spacial score (nSPS) is 22.3. The fourth-order valence-electron chi connectivity index (χ4n) is 5.07. The van der Waals surface area contributed by atoms with Gasteiger partial charge in [-0.25, -0.2) is 9.18 Å². The van der Waals surface area contributed by atoms with Crippen molar-refractivity contribution in [2.45, 2.75) is 70.1 Å². The smallest absolute Gasteiger partial charge is 0.407 e. The summed E-state index contributed by atoms with van der Waals surface area (Å²) in [6, 6.07) is 10.7. The summed E-state index contributed by atoms with van der Waals surface area (Å²) in [4.78, 5) is 31.6.